The fraction of sp³-hybridized carbons (Fsp3) is 0.200. The summed E-state index contributed by atoms with van der Waals surface area (Å²) in [5.74, 6) is -4.15. The molecule has 0 spiro atoms. The Labute approximate surface area is 89.9 Å². The molecule has 0 aliphatic rings. The van der Waals surface area contributed by atoms with E-state index >= 15 is 0 Å². The monoisotopic (exact) mass is 229 g/mol. The molecular weight excluding hydrogens is 220 g/mol. The van der Waals surface area contributed by atoms with E-state index in [9.17, 15) is 18.4 Å². The summed E-state index contributed by atoms with van der Waals surface area (Å²) < 4.78 is 25.5. The van der Waals surface area contributed by atoms with E-state index in [1.807, 2.05) is 0 Å². The molecule has 0 aliphatic heterocycles. The lowest BCUT2D eigenvalue weighted by Crippen LogP contribution is -2.32. The third-order valence-corrected chi connectivity index (χ3v) is 1.87. The summed E-state index contributed by atoms with van der Waals surface area (Å²) >= 11 is 0. The van der Waals surface area contributed by atoms with Gasteiger partial charge in [-0.25, -0.2) is 13.6 Å². The fourth-order valence-electron chi connectivity index (χ4n) is 1.18. The molecular formula is C10H9F2NO3. The molecule has 6 heteroatoms. The normalized spacial score (nSPS) is 11.9. The van der Waals surface area contributed by atoms with Gasteiger partial charge in [0.1, 0.15) is 0 Å². The Morgan fingerprint density at radius 1 is 1.31 bits per heavy atom. The molecule has 1 aromatic rings. The molecule has 0 aromatic heterocycles. The first kappa shape index (κ1) is 12.1. The predicted octanol–water partition coefficient (Wildman–Crippen LogP) is 1.23. The van der Waals surface area contributed by atoms with Crippen LogP contribution in [0.5, 0.6) is 0 Å². The number of hydrogen-bond donors (Lipinski definition) is 2. The molecule has 1 rings (SSSR count). The number of benzene rings is 1. The SMILES string of the molecule is CC(=O)NC(C(=O)O)c1ccc(F)c(F)c1. The van der Waals surface area contributed by atoms with Gasteiger partial charge in [0, 0.05) is 6.92 Å². The van der Waals surface area contributed by atoms with E-state index < -0.39 is 29.6 Å². The average Bonchev–Trinajstić information content (AvgIpc) is 2.18. The Morgan fingerprint density at radius 3 is 2.38 bits per heavy atom. The second kappa shape index (κ2) is 4.69. The zero-order valence-electron chi connectivity index (χ0n) is 8.33. The van der Waals surface area contributed by atoms with E-state index in [1.165, 1.54) is 0 Å². The van der Waals surface area contributed by atoms with Crippen LogP contribution in [0, 0.1) is 11.6 Å². The Morgan fingerprint density at radius 2 is 1.94 bits per heavy atom. The number of carbonyl (C=O) groups is 2. The third kappa shape index (κ3) is 2.75. The average molecular weight is 229 g/mol. The Balaban J connectivity index is 3.06. The van der Waals surface area contributed by atoms with Gasteiger partial charge in [0.15, 0.2) is 17.7 Å². The van der Waals surface area contributed by atoms with Gasteiger partial charge in [-0.1, -0.05) is 6.07 Å². The molecule has 0 saturated carbocycles. The van der Waals surface area contributed by atoms with Crippen LogP contribution in [0.4, 0.5) is 8.78 Å². The molecule has 1 aromatic carbocycles. The van der Waals surface area contributed by atoms with Gasteiger partial charge in [0.2, 0.25) is 5.91 Å². The lowest BCUT2D eigenvalue weighted by Gasteiger charge is -2.13. The number of amides is 1. The smallest absolute Gasteiger partial charge is 0.330 e. The number of carboxylic acids is 1. The molecule has 16 heavy (non-hydrogen) atoms. The zero-order chi connectivity index (χ0) is 12.3. The number of nitrogens with one attached hydrogen (secondary N) is 1. The van der Waals surface area contributed by atoms with Crippen LogP contribution < -0.4 is 5.32 Å². The second-order valence-electron chi connectivity index (χ2n) is 3.15. The minimum atomic E-state index is -1.38. The van der Waals surface area contributed by atoms with Crippen LogP contribution >= 0.6 is 0 Å². The maximum atomic E-state index is 12.9. The van der Waals surface area contributed by atoms with Crippen molar-refractivity contribution in [3.63, 3.8) is 0 Å². The van der Waals surface area contributed by atoms with Gasteiger partial charge >= 0.3 is 5.97 Å². The maximum absolute atomic E-state index is 12.9. The highest BCUT2D eigenvalue weighted by molar-refractivity contribution is 5.83. The molecule has 2 N–H and O–H groups in total. The number of aliphatic carboxylic acids is 1. The highest BCUT2D eigenvalue weighted by Crippen LogP contribution is 2.16. The first-order valence-electron chi connectivity index (χ1n) is 4.36. The minimum absolute atomic E-state index is 0.0263. The predicted molar refractivity (Wildman–Crippen MR) is 50.6 cm³/mol. The van der Waals surface area contributed by atoms with Crippen LogP contribution in [0.15, 0.2) is 18.2 Å². The van der Waals surface area contributed by atoms with Gasteiger partial charge in [-0.15, -0.1) is 0 Å². The lowest BCUT2D eigenvalue weighted by molar-refractivity contribution is -0.141. The van der Waals surface area contributed by atoms with E-state index in [0.29, 0.717) is 0 Å². The summed E-state index contributed by atoms with van der Waals surface area (Å²) in [5, 5.41) is 10.9. The summed E-state index contributed by atoms with van der Waals surface area (Å²) in [5.41, 5.74) is -0.0263. The van der Waals surface area contributed by atoms with E-state index in [-0.39, 0.29) is 5.56 Å². The lowest BCUT2D eigenvalue weighted by atomic mass is 10.1. The summed E-state index contributed by atoms with van der Waals surface area (Å²) in [7, 11) is 0. The van der Waals surface area contributed by atoms with Crippen LogP contribution in [-0.2, 0) is 9.59 Å². The molecule has 1 amide bonds. The molecule has 0 radical (unpaired) electrons. The first-order valence-corrected chi connectivity index (χ1v) is 4.36. The van der Waals surface area contributed by atoms with Crippen LogP contribution in [0.25, 0.3) is 0 Å². The second-order valence-corrected chi connectivity index (χ2v) is 3.15. The van der Waals surface area contributed by atoms with Gasteiger partial charge in [0.05, 0.1) is 0 Å². The van der Waals surface area contributed by atoms with Gasteiger partial charge in [-0.3, -0.25) is 4.79 Å². The first-order chi connectivity index (χ1) is 7.41. The van der Waals surface area contributed by atoms with Crippen molar-refractivity contribution in [3.05, 3.63) is 35.4 Å². The van der Waals surface area contributed by atoms with Crippen molar-refractivity contribution >= 4 is 11.9 Å². The van der Waals surface area contributed by atoms with Crippen LogP contribution in [0.1, 0.15) is 18.5 Å². The molecule has 4 nitrogen and oxygen atoms in total. The molecule has 0 saturated heterocycles. The standard InChI is InChI=1S/C10H9F2NO3/c1-5(14)13-9(10(15)16)6-2-3-7(11)8(12)4-6/h2-4,9H,1H3,(H,13,14)(H,15,16). The Bertz CT molecular complexity index is 434. The fourth-order valence-corrected chi connectivity index (χ4v) is 1.18. The quantitative estimate of drug-likeness (QED) is 0.819. The van der Waals surface area contributed by atoms with Crippen molar-refractivity contribution in [3.8, 4) is 0 Å². The molecule has 0 fully saturated rings. The summed E-state index contributed by atoms with van der Waals surface area (Å²) in [6.07, 6.45) is 0. The Kier molecular flexibility index (Phi) is 3.55. The molecule has 1 atom stereocenters. The van der Waals surface area contributed by atoms with Gasteiger partial charge in [-0.2, -0.15) is 0 Å². The van der Waals surface area contributed by atoms with Gasteiger partial charge < -0.3 is 10.4 Å². The van der Waals surface area contributed by atoms with Crippen molar-refractivity contribution in [1.82, 2.24) is 5.32 Å². The largest absolute Gasteiger partial charge is 0.479 e. The van der Waals surface area contributed by atoms with E-state index in [4.69, 9.17) is 5.11 Å². The topological polar surface area (TPSA) is 66.4 Å². The molecule has 86 valence electrons. The summed E-state index contributed by atoms with van der Waals surface area (Å²) in [6, 6.07) is 1.27. The number of hydrogen-bond acceptors (Lipinski definition) is 2. The summed E-state index contributed by atoms with van der Waals surface area (Å²) in [6.45, 7) is 1.13. The van der Waals surface area contributed by atoms with Crippen LogP contribution in [0.3, 0.4) is 0 Å². The summed E-state index contributed by atoms with van der Waals surface area (Å²) in [4.78, 5) is 21.5. The van der Waals surface area contributed by atoms with Crippen molar-refractivity contribution < 1.29 is 23.5 Å². The minimum Gasteiger partial charge on any atom is -0.479 e. The molecule has 0 heterocycles. The van der Waals surface area contributed by atoms with Gasteiger partial charge in [0.25, 0.3) is 0 Å². The molecule has 0 aliphatic carbocycles. The van der Waals surface area contributed by atoms with Crippen molar-refractivity contribution in [2.45, 2.75) is 13.0 Å². The van der Waals surface area contributed by atoms with E-state index in [2.05, 4.69) is 5.32 Å². The van der Waals surface area contributed by atoms with E-state index in [0.717, 1.165) is 25.1 Å². The maximum Gasteiger partial charge on any atom is 0.330 e. The number of rotatable bonds is 3. The molecule has 1 unspecified atom stereocenters. The van der Waals surface area contributed by atoms with E-state index in [1.54, 1.807) is 0 Å². The highest BCUT2D eigenvalue weighted by atomic mass is 19.2. The van der Waals surface area contributed by atoms with Crippen molar-refractivity contribution in [1.29, 1.82) is 0 Å². The van der Waals surface area contributed by atoms with Gasteiger partial charge in [-0.05, 0) is 17.7 Å². The third-order valence-electron chi connectivity index (χ3n) is 1.87. The Hall–Kier alpha value is -1.98. The number of halogens is 2. The van der Waals surface area contributed by atoms with Crippen molar-refractivity contribution in [2.75, 3.05) is 0 Å². The van der Waals surface area contributed by atoms with Crippen molar-refractivity contribution in [2.24, 2.45) is 0 Å². The molecule has 0 bridgehead atoms. The van der Waals surface area contributed by atoms with Crippen LogP contribution in [-0.4, -0.2) is 17.0 Å². The number of carboxylic acid groups (broad SMARTS) is 1. The highest BCUT2D eigenvalue weighted by Gasteiger charge is 2.21. The zero-order valence-corrected chi connectivity index (χ0v) is 8.33. The number of carbonyl (C=O) groups excluding carboxylic acids is 1. The van der Waals surface area contributed by atoms with Crippen LogP contribution in [0.2, 0.25) is 0 Å².